The second kappa shape index (κ2) is 5.20. The number of aromatic nitrogens is 1. The molecule has 2 aromatic rings. The van der Waals surface area contributed by atoms with Gasteiger partial charge in [-0.25, -0.2) is 4.98 Å². The van der Waals surface area contributed by atoms with Crippen molar-refractivity contribution in [3.05, 3.63) is 56.7 Å². The van der Waals surface area contributed by atoms with Crippen LogP contribution in [0.5, 0.6) is 11.6 Å². The van der Waals surface area contributed by atoms with E-state index in [9.17, 15) is 10.1 Å². The Morgan fingerprint density at radius 3 is 2.72 bits per heavy atom. The molecule has 0 aliphatic carbocycles. The van der Waals surface area contributed by atoms with E-state index in [1.54, 1.807) is 6.07 Å². The van der Waals surface area contributed by atoms with E-state index in [1.165, 1.54) is 30.5 Å². The lowest BCUT2D eigenvalue weighted by atomic mass is 10.3. The van der Waals surface area contributed by atoms with Crippen molar-refractivity contribution in [2.24, 2.45) is 0 Å². The molecule has 18 heavy (non-hydrogen) atoms. The summed E-state index contributed by atoms with van der Waals surface area (Å²) in [6, 6.07) is 7.20. The zero-order valence-electron chi connectivity index (χ0n) is 8.84. The van der Waals surface area contributed by atoms with Crippen molar-refractivity contribution in [2.75, 3.05) is 0 Å². The van der Waals surface area contributed by atoms with Gasteiger partial charge in [0.05, 0.1) is 16.0 Å². The highest BCUT2D eigenvalue weighted by molar-refractivity contribution is 6.35. The first-order valence-electron chi connectivity index (χ1n) is 4.79. The van der Waals surface area contributed by atoms with Crippen LogP contribution in [0.1, 0.15) is 0 Å². The summed E-state index contributed by atoms with van der Waals surface area (Å²) in [5.41, 5.74) is -0.0717. The van der Waals surface area contributed by atoms with E-state index in [-0.39, 0.29) is 22.3 Å². The Morgan fingerprint density at radius 1 is 1.28 bits per heavy atom. The molecule has 0 aliphatic heterocycles. The molecule has 0 atom stereocenters. The number of nitrogens with zero attached hydrogens (tertiary/aromatic N) is 2. The number of hydrogen-bond acceptors (Lipinski definition) is 4. The van der Waals surface area contributed by atoms with Crippen molar-refractivity contribution in [1.29, 1.82) is 0 Å². The van der Waals surface area contributed by atoms with E-state index in [1.807, 2.05) is 0 Å². The van der Waals surface area contributed by atoms with Gasteiger partial charge in [-0.3, -0.25) is 10.1 Å². The number of non-ortho nitro benzene ring substituents is 1. The molecule has 1 aromatic carbocycles. The minimum atomic E-state index is -0.510. The van der Waals surface area contributed by atoms with Crippen LogP contribution < -0.4 is 4.74 Å². The van der Waals surface area contributed by atoms with E-state index in [4.69, 9.17) is 27.9 Å². The van der Waals surface area contributed by atoms with Crippen LogP contribution in [0.2, 0.25) is 10.0 Å². The topological polar surface area (TPSA) is 65.3 Å². The molecule has 0 bridgehead atoms. The molecule has 92 valence electrons. The van der Waals surface area contributed by atoms with Gasteiger partial charge in [-0.2, -0.15) is 0 Å². The largest absolute Gasteiger partial charge is 0.437 e. The molecular weight excluding hydrogens is 279 g/mol. The molecule has 0 N–H and O–H groups in total. The summed E-state index contributed by atoms with van der Waals surface area (Å²) in [5, 5.41) is 11.2. The van der Waals surface area contributed by atoms with Gasteiger partial charge in [0.1, 0.15) is 10.8 Å². The van der Waals surface area contributed by atoms with Gasteiger partial charge in [-0.15, -0.1) is 0 Å². The summed E-state index contributed by atoms with van der Waals surface area (Å²) in [7, 11) is 0. The predicted molar refractivity (Wildman–Crippen MR) is 67.4 cm³/mol. The van der Waals surface area contributed by atoms with Gasteiger partial charge in [0, 0.05) is 12.3 Å². The molecule has 0 amide bonds. The standard InChI is InChI=1S/C11H6Cl2N2O3/c12-7-4-10(13)11(14-6-7)18-9-3-1-2-8(5-9)15(16)17/h1-6H. The Kier molecular flexibility index (Phi) is 3.64. The Balaban J connectivity index is 2.28. The van der Waals surface area contributed by atoms with Crippen LogP contribution in [0, 0.1) is 10.1 Å². The monoisotopic (exact) mass is 284 g/mol. The smallest absolute Gasteiger partial charge is 0.273 e. The van der Waals surface area contributed by atoms with Crippen LogP contribution in [-0.4, -0.2) is 9.91 Å². The van der Waals surface area contributed by atoms with Crippen LogP contribution in [0.15, 0.2) is 36.5 Å². The number of hydrogen-bond donors (Lipinski definition) is 0. The Labute approximate surface area is 112 Å². The highest BCUT2D eigenvalue weighted by Crippen LogP contribution is 2.30. The number of halogens is 2. The van der Waals surface area contributed by atoms with Crippen LogP contribution in [0.4, 0.5) is 5.69 Å². The van der Waals surface area contributed by atoms with Crippen molar-refractivity contribution in [3.8, 4) is 11.6 Å². The maximum atomic E-state index is 10.6. The molecule has 0 spiro atoms. The highest BCUT2D eigenvalue weighted by Gasteiger charge is 2.09. The van der Waals surface area contributed by atoms with Crippen molar-refractivity contribution >= 4 is 28.9 Å². The molecule has 0 fully saturated rings. The van der Waals surface area contributed by atoms with Crippen molar-refractivity contribution < 1.29 is 9.66 Å². The number of rotatable bonds is 3. The van der Waals surface area contributed by atoms with E-state index < -0.39 is 4.92 Å². The van der Waals surface area contributed by atoms with Crippen molar-refractivity contribution in [1.82, 2.24) is 4.98 Å². The third-order valence-electron chi connectivity index (χ3n) is 2.02. The van der Waals surface area contributed by atoms with Gasteiger partial charge in [0.2, 0.25) is 5.88 Å². The molecule has 2 rings (SSSR count). The molecule has 1 aromatic heterocycles. The SMILES string of the molecule is O=[N+]([O-])c1cccc(Oc2ncc(Cl)cc2Cl)c1. The van der Waals surface area contributed by atoms with E-state index in [0.717, 1.165) is 0 Å². The van der Waals surface area contributed by atoms with Crippen LogP contribution in [0.3, 0.4) is 0 Å². The molecule has 0 saturated heterocycles. The van der Waals surface area contributed by atoms with Crippen LogP contribution >= 0.6 is 23.2 Å². The average Bonchev–Trinajstić information content (AvgIpc) is 2.33. The van der Waals surface area contributed by atoms with Gasteiger partial charge in [0.25, 0.3) is 5.69 Å². The van der Waals surface area contributed by atoms with Gasteiger partial charge >= 0.3 is 0 Å². The zero-order chi connectivity index (χ0) is 13.1. The number of benzene rings is 1. The summed E-state index contributed by atoms with van der Waals surface area (Å²) in [6.45, 7) is 0. The van der Waals surface area contributed by atoms with Gasteiger partial charge in [-0.05, 0) is 12.1 Å². The van der Waals surface area contributed by atoms with Gasteiger partial charge in [0.15, 0.2) is 0 Å². The summed E-state index contributed by atoms with van der Waals surface area (Å²) in [4.78, 5) is 14.0. The van der Waals surface area contributed by atoms with E-state index in [2.05, 4.69) is 4.98 Å². The normalized spacial score (nSPS) is 10.1. The molecule has 7 heteroatoms. The summed E-state index contributed by atoms with van der Waals surface area (Å²) < 4.78 is 5.35. The third-order valence-corrected chi connectivity index (χ3v) is 2.49. The van der Waals surface area contributed by atoms with Gasteiger partial charge < -0.3 is 4.74 Å². The predicted octanol–water partition coefficient (Wildman–Crippen LogP) is 4.09. The fourth-order valence-electron chi connectivity index (χ4n) is 1.25. The van der Waals surface area contributed by atoms with E-state index in [0.29, 0.717) is 5.02 Å². The summed E-state index contributed by atoms with van der Waals surface area (Å²) in [6.07, 6.45) is 1.38. The molecule has 0 aliphatic rings. The Morgan fingerprint density at radius 2 is 2.06 bits per heavy atom. The number of nitro benzene ring substituents is 1. The molecule has 0 radical (unpaired) electrons. The lowest BCUT2D eigenvalue weighted by molar-refractivity contribution is -0.384. The molecule has 5 nitrogen and oxygen atoms in total. The van der Waals surface area contributed by atoms with E-state index >= 15 is 0 Å². The number of nitro groups is 1. The zero-order valence-corrected chi connectivity index (χ0v) is 10.4. The molecule has 0 saturated carbocycles. The first kappa shape index (κ1) is 12.6. The first-order valence-corrected chi connectivity index (χ1v) is 5.55. The van der Waals surface area contributed by atoms with Crippen molar-refractivity contribution in [2.45, 2.75) is 0 Å². The maximum absolute atomic E-state index is 10.6. The quantitative estimate of drug-likeness (QED) is 0.629. The molecule has 0 unspecified atom stereocenters. The van der Waals surface area contributed by atoms with Crippen LogP contribution in [-0.2, 0) is 0 Å². The lowest BCUT2D eigenvalue weighted by Crippen LogP contribution is -1.91. The second-order valence-corrected chi connectivity index (χ2v) is 4.14. The Hall–Kier alpha value is -1.85. The molecular formula is C11H6Cl2N2O3. The number of pyridine rings is 1. The number of ether oxygens (including phenoxy) is 1. The summed E-state index contributed by atoms with van der Waals surface area (Å²) in [5.74, 6) is 0.419. The first-order chi connectivity index (χ1) is 8.56. The third kappa shape index (κ3) is 2.88. The highest BCUT2D eigenvalue weighted by atomic mass is 35.5. The minimum absolute atomic E-state index is 0.0717. The minimum Gasteiger partial charge on any atom is -0.437 e. The maximum Gasteiger partial charge on any atom is 0.273 e. The fourth-order valence-corrected chi connectivity index (χ4v) is 1.67. The fraction of sp³-hybridized carbons (Fsp3) is 0. The van der Waals surface area contributed by atoms with Crippen LogP contribution in [0.25, 0.3) is 0 Å². The van der Waals surface area contributed by atoms with Crippen molar-refractivity contribution in [3.63, 3.8) is 0 Å². The Bertz CT molecular complexity index is 605. The van der Waals surface area contributed by atoms with Gasteiger partial charge in [-0.1, -0.05) is 29.3 Å². The second-order valence-electron chi connectivity index (χ2n) is 3.30. The average molecular weight is 285 g/mol. The summed E-state index contributed by atoms with van der Waals surface area (Å²) >= 11 is 11.6. The lowest BCUT2D eigenvalue weighted by Gasteiger charge is -2.06. The molecule has 1 heterocycles.